The number of carbonyl (C=O) groups excluding carboxylic acids is 2. The Labute approximate surface area is 187 Å². The van der Waals surface area contributed by atoms with E-state index in [1.54, 1.807) is 18.2 Å². The van der Waals surface area contributed by atoms with E-state index < -0.39 is 10.8 Å². The molecule has 4 rings (SSSR count). The van der Waals surface area contributed by atoms with E-state index in [2.05, 4.69) is 10.3 Å². The van der Waals surface area contributed by atoms with Crippen LogP contribution in [0.15, 0.2) is 70.6 Å². The first-order valence-corrected chi connectivity index (χ1v) is 10.4. The first-order valence-electron chi connectivity index (χ1n) is 9.59. The number of amidine groups is 1. The Bertz CT molecular complexity index is 1300. The Hall–Kier alpha value is -3.98. The molecule has 1 N–H and O–H groups in total. The summed E-state index contributed by atoms with van der Waals surface area (Å²) in [6.45, 7) is 1.55. The van der Waals surface area contributed by atoms with Crippen molar-refractivity contribution in [1.29, 1.82) is 0 Å². The summed E-state index contributed by atoms with van der Waals surface area (Å²) in [5.74, 6) is -0.188. The van der Waals surface area contributed by atoms with E-state index in [0.717, 1.165) is 28.1 Å². The summed E-state index contributed by atoms with van der Waals surface area (Å²) in [7, 11) is 0. The normalized spacial score (nSPS) is 14.5. The lowest BCUT2D eigenvalue weighted by molar-refractivity contribution is -0.384. The molecule has 9 heteroatoms. The zero-order valence-corrected chi connectivity index (χ0v) is 17.7. The topological polar surface area (TPSA) is 111 Å². The molecule has 0 saturated carbocycles. The van der Waals surface area contributed by atoms with Gasteiger partial charge in [-0.1, -0.05) is 30.3 Å². The van der Waals surface area contributed by atoms with Crippen LogP contribution in [-0.2, 0) is 16.2 Å². The fourth-order valence-electron chi connectivity index (χ4n) is 3.17. The van der Waals surface area contributed by atoms with E-state index in [1.165, 1.54) is 19.1 Å². The van der Waals surface area contributed by atoms with Crippen molar-refractivity contribution in [3.8, 4) is 5.75 Å². The van der Waals surface area contributed by atoms with Gasteiger partial charge in [-0.3, -0.25) is 19.7 Å². The summed E-state index contributed by atoms with van der Waals surface area (Å²) < 4.78 is 6.03. The molecular formula is C23H17N3O5S. The Morgan fingerprint density at radius 3 is 2.62 bits per heavy atom. The molecule has 1 aliphatic heterocycles. The first kappa shape index (κ1) is 21.3. The van der Waals surface area contributed by atoms with Gasteiger partial charge in [-0.15, -0.1) is 0 Å². The molecule has 0 aliphatic carbocycles. The predicted octanol–water partition coefficient (Wildman–Crippen LogP) is 4.43. The number of fused-ring (bicyclic) bond motifs is 1. The molecule has 0 radical (unpaired) electrons. The van der Waals surface area contributed by atoms with Gasteiger partial charge in [0.1, 0.15) is 12.4 Å². The van der Waals surface area contributed by atoms with Crippen LogP contribution in [0.1, 0.15) is 18.1 Å². The SMILES string of the molecule is CC(=O)NC1=NC(=O)/C(=C/c2c(OCc3ccc([N+](=O)[O-])cc3)ccc3ccccc23)S1. The average molecular weight is 447 g/mol. The molecule has 160 valence electrons. The minimum Gasteiger partial charge on any atom is -0.488 e. The van der Waals surface area contributed by atoms with E-state index in [0.29, 0.717) is 16.2 Å². The van der Waals surface area contributed by atoms with E-state index in [1.807, 2.05) is 36.4 Å². The fraction of sp³-hybridized carbons (Fsp3) is 0.0870. The number of rotatable bonds is 5. The van der Waals surface area contributed by atoms with Crippen molar-refractivity contribution in [1.82, 2.24) is 5.32 Å². The van der Waals surface area contributed by atoms with Gasteiger partial charge in [-0.05, 0) is 52.4 Å². The van der Waals surface area contributed by atoms with Gasteiger partial charge in [-0.25, -0.2) is 0 Å². The van der Waals surface area contributed by atoms with Gasteiger partial charge in [0.2, 0.25) is 5.91 Å². The number of carbonyl (C=O) groups is 2. The van der Waals surface area contributed by atoms with Crippen molar-refractivity contribution in [2.45, 2.75) is 13.5 Å². The highest BCUT2D eigenvalue weighted by atomic mass is 32.2. The van der Waals surface area contributed by atoms with Crippen LogP contribution in [0.3, 0.4) is 0 Å². The van der Waals surface area contributed by atoms with Gasteiger partial charge < -0.3 is 10.1 Å². The average Bonchev–Trinajstić information content (AvgIpc) is 3.11. The van der Waals surface area contributed by atoms with Crippen molar-refractivity contribution < 1.29 is 19.2 Å². The number of aliphatic imine (C=N–C) groups is 1. The van der Waals surface area contributed by atoms with Crippen LogP contribution in [0, 0.1) is 10.1 Å². The number of nitrogens with one attached hydrogen (secondary N) is 1. The summed E-state index contributed by atoms with van der Waals surface area (Å²) in [6.07, 6.45) is 1.71. The lowest BCUT2D eigenvalue weighted by Gasteiger charge is -2.13. The molecule has 0 atom stereocenters. The van der Waals surface area contributed by atoms with Gasteiger partial charge >= 0.3 is 0 Å². The van der Waals surface area contributed by atoms with Crippen LogP contribution in [0.2, 0.25) is 0 Å². The van der Waals surface area contributed by atoms with E-state index in [9.17, 15) is 19.7 Å². The van der Waals surface area contributed by atoms with Crippen LogP contribution >= 0.6 is 11.8 Å². The predicted molar refractivity (Wildman–Crippen MR) is 123 cm³/mol. The molecule has 32 heavy (non-hydrogen) atoms. The van der Waals surface area contributed by atoms with Gasteiger partial charge in [0.05, 0.1) is 9.83 Å². The van der Waals surface area contributed by atoms with Crippen molar-refractivity contribution in [3.05, 3.63) is 86.8 Å². The Kier molecular flexibility index (Phi) is 6.00. The Morgan fingerprint density at radius 2 is 1.91 bits per heavy atom. The summed E-state index contributed by atoms with van der Waals surface area (Å²) in [5.41, 5.74) is 1.49. The highest BCUT2D eigenvalue weighted by Gasteiger charge is 2.23. The molecule has 1 aliphatic rings. The maximum Gasteiger partial charge on any atom is 0.286 e. The molecule has 8 nitrogen and oxygen atoms in total. The number of non-ortho nitro benzene ring substituents is 1. The van der Waals surface area contributed by atoms with Crippen LogP contribution < -0.4 is 10.1 Å². The molecule has 1 heterocycles. The molecule has 0 unspecified atom stereocenters. The number of benzene rings is 3. The van der Waals surface area contributed by atoms with Crippen molar-refractivity contribution >= 4 is 51.3 Å². The fourth-order valence-corrected chi connectivity index (χ4v) is 4.01. The van der Waals surface area contributed by atoms with E-state index in [-0.39, 0.29) is 23.4 Å². The van der Waals surface area contributed by atoms with E-state index >= 15 is 0 Å². The van der Waals surface area contributed by atoms with Gasteiger partial charge in [-0.2, -0.15) is 4.99 Å². The van der Waals surface area contributed by atoms with Gasteiger partial charge in [0, 0.05) is 24.6 Å². The molecule has 3 aromatic carbocycles. The second-order valence-corrected chi connectivity index (χ2v) is 7.96. The lowest BCUT2D eigenvalue weighted by atomic mass is 10.0. The van der Waals surface area contributed by atoms with Crippen LogP contribution in [0.25, 0.3) is 16.8 Å². The van der Waals surface area contributed by atoms with Crippen molar-refractivity contribution in [3.63, 3.8) is 0 Å². The minimum absolute atomic E-state index is 0.0108. The Morgan fingerprint density at radius 1 is 1.16 bits per heavy atom. The minimum atomic E-state index is -0.453. The Balaban J connectivity index is 1.65. The smallest absolute Gasteiger partial charge is 0.286 e. The zero-order chi connectivity index (χ0) is 22.7. The van der Waals surface area contributed by atoms with Crippen LogP contribution in [-0.4, -0.2) is 21.9 Å². The number of nitro benzene ring substituents is 1. The largest absolute Gasteiger partial charge is 0.488 e. The number of ether oxygens (including phenoxy) is 1. The third-order valence-corrected chi connectivity index (χ3v) is 5.55. The number of hydrogen-bond acceptors (Lipinski definition) is 6. The molecule has 2 amide bonds. The first-order chi connectivity index (χ1) is 15.4. The van der Waals surface area contributed by atoms with Crippen LogP contribution in [0.5, 0.6) is 5.75 Å². The maximum atomic E-state index is 12.4. The van der Waals surface area contributed by atoms with Crippen molar-refractivity contribution in [2.24, 2.45) is 4.99 Å². The third kappa shape index (κ3) is 4.68. The van der Waals surface area contributed by atoms with Crippen molar-refractivity contribution in [2.75, 3.05) is 0 Å². The quantitative estimate of drug-likeness (QED) is 0.352. The molecular weight excluding hydrogens is 430 g/mol. The molecule has 0 bridgehead atoms. The number of hydrogen-bond donors (Lipinski definition) is 1. The van der Waals surface area contributed by atoms with Gasteiger partial charge in [0.25, 0.3) is 11.6 Å². The molecule has 0 spiro atoms. The third-order valence-electron chi connectivity index (χ3n) is 4.65. The number of nitrogens with zero attached hydrogens (tertiary/aromatic N) is 2. The van der Waals surface area contributed by atoms with Crippen LogP contribution in [0.4, 0.5) is 5.69 Å². The monoisotopic (exact) mass is 447 g/mol. The molecule has 3 aromatic rings. The second kappa shape index (κ2) is 9.03. The highest BCUT2D eigenvalue weighted by Crippen LogP contribution is 2.35. The summed E-state index contributed by atoms with van der Waals surface area (Å²) in [5, 5.41) is 15.5. The summed E-state index contributed by atoms with van der Waals surface area (Å²) in [6, 6.07) is 17.6. The standard InChI is InChI=1S/C23H17N3O5S/c1-14(27)24-23-25-22(28)21(32-23)12-19-18-5-3-2-4-16(18)8-11-20(19)31-13-15-6-9-17(10-7-15)26(29)30/h2-12H,13H2,1H3,(H,24,25,27,28)/b21-12-. The molecule has 0 aromatic heterocycles. The maximum absolute atomic E-state index is 12.4. The van der Waals surface area contributed by atoms with Gasteiger partial charge in [0.15, 0.2) is 5.17 Å². The zero-order valence-electron chi connectivity index (χ0n) is 16.9. The second-order valence-electron chi connectivity index (χ2n) is 6.92. The number of thioether (sulfide) groups is 1. The number of amides is 2. The molecule has 0 saturated heterocycles. The van der Waals surface area contributed by atoms with E-state index in [4.69, 9.17) is 4.74 Å². The summed E-state index contributed by atoms with van der Waals surface area (Å²) in [4.78, 5) is 38.3. The lowest BCUT2D eigenvalue weighted by Crippen LogP contribution is -2.23. The summed E-state index contributed by atoms with van der Waals surface area (Å²) >= 11 is 1.09. The molecule has 0 fully saturated rings. The number of nitro groups is 1. The highest BCUT2D eigenvalue weighted by molar-refractivity contribution is 8.18.